The van der Waals surface area contributed by atoms with Crippen molar-refractivity contribution >= 4 is 11.6 Å². The molecule has 0 amide bonds. The van der Waals surface area contributed by atoms with Gasteiger partial charge in [0.1, 0.15) is 5.82 Å². The minimum Gasteiger partial charge on any atom is -0.316 e. The predicted octanol–water partition coefficient (Wildman–Crippen LogP) is 2.35. The third kappa shape index (κ3) is 2.37. The Labute approximate surface area is 100 Å². The van der Waals surface area contributed by atoms with Crippen LogP contribution in [-0.2, 0) is 0 Å². The number of nitrogens with one attached hydrogen (secondary N) is 2. The fourth-order valence-corrected chi connectivity index (χ4v) is 2.53. The van der Waals surface area contributed by atoms with Crippen LogP contribution in [0.25, 0.3) is 0 Å². The maximum absolute atomic E-state index is 13.1. The Kier molecular flexibility index (Phi) is 3.79. The van der Waals surface area contributed by atoms with E-state index in [1.807, 2.05) is 7.05 Å². The van der Waals surface area contributed by atoms with Crippen LogP contribution in [0.3, 0.4) is 0 Å². The molecule has 1 aliphatic rings. The van der Waals surface area contributed by atoms with Crippen molar-refractivity contribution in [2.45, 2.75) is 12.5 Å². The number of hydrogen-bond donors (Lipinski definition) is 2. The Hall–Kier alpha value is -0.640. The molecule has 2 rings (SSSR count). The molecule has 1 saturated heterocycles. The first-order valence-corrected chi connectivity index (χ1v) is 5.93. The molecule has 0 saturated carbocycles. The van der Waals surface area contributed by atoms with Crippen molar-refractivity contribution in [1.29, 1.82) is 0 Å². The maximum atomic E-state index is 13.1. The molecule has 0 aliphatic carbocycles. The van der Waals surface area contributed by atoms with Gasteiger partial charge in [0.25, 0.3) is 0 Å². The normalized spacial score (nSPS) is 22.3. The Morgan fingerprint density at radius 1 is 1.56 bits per heavy atom. The van der Waals surface area contributed by atoms with Gasteiger partial charge in [0.05, 0.1) is 5.02 Å². The smallest absolute Gasteiger partial charge is 0.141 e. The van der Waals surface area contributed by atoms with E-state index in [9.17, 15) is 4.39 Å². The van der Waals surface area contributed by atoms with Crippen molar-refractivity contribution in [2.75, 3.05) is 20.1 Å². The Morgan fingerprint density at radius 2 is 2.38 bits per heavy atom. The van der Waals surface area contributed by atoms with Gasteiger partial charge in [-0.3, -0.25) is 0 Å². The molecule has 0 bridgehead atoms. The zero-order valence-corrected chi connectivity index (χ0v) is 10.0. The lowest BCUT2D eigenvalue weighted by atomic mass is 9.92. The standard InChI is InChI=1S/C12H16ClFN2/c1-15-12(9-4-5-16-7-9)8-2-3-11(14)10(13)6-8/h2-3,6,9,12,15-16H,4-5,7H2,1H3. The molecule has 1 aromatic carbocycles. The Morgan fingerprint density at radius 3 is 2.94 bits per heavy atom. The van der Waals surface area contributed by atoms with Crippen molar-refractivity contribution in [3.63, 3.8) is 0 Å². The summed E-state index contributed by atoms with van der Waals surface area (Å²) in [6.45, 7) is 2.05. The zero-order chi connectivity index (χ0) is 11.5. The highest BCUT2D eigenvalue weighted by atomic mass is 35.5. The van der Waals surface area contributed by atoms with Gasteiger partial charge in [-0.2, -0.15) is 0 Å². The van der Waals surface area contributed by atoms with E-state index in [0.29, 0.717) is 5.92 Å². The van der Waals surface area contributed by atoms with E-state index >= 15 is 0 Å². The van der Waals surface area contributed by atoms with E-state index in [4.69, 9.17) is 11.6 Å². The van der Waals surface area contributed by atoms with Gasteiger partial charge in [-0.15, -0.1) is 0 Å². The minimum absolute atomic E-state index is 0.198. The topological polar surface area (TPSA) is 24.1 Å². The third-order valence-corrected chi connectivity index (χ3v) is 3.47. The molecule has 1 fully saturated rings. The van der Waals surface area contributed by atoms with E-state index in [1.165, 1.54) is 6.07 Å². The van der Waals surface area contributed by atoms with Gasteiger partial charge in [0, 0.05) is 6.04 Å². The molecule has 1 aromatic rings. The van der Waals surface area contributed by atoms with Crippen LogP contribution in [-0.4, -0.2) is 20.1 Å². The first-order valence-electron chi connectivity index (χ1n) is 5.55. The molecule has 16 heavy (non-hydrogen) atoms. The highest BCUT2D eigenvalue weighted by Gasteiger charge is 2.25. The summed E-state index contributed by atoms with van der Waals surface area (Å²) in [7, 11) is 1.93. The number of rotatable bonds is 3. The highest BCUT2D eigenvalue weighted by Crippen LogP contribution is 2.28. The first-order chi connectivity index (χ1) is 7.72. The summed E-state index contributed by atoms with van der Waals surface area (Å²) in [6.07, 6.45) is 1.14. The zero-order valence-electron chi connectivity index (χ0n) is 9.26. The molecule has 88 valence electrons. The lowest BCUT2D eigenvalue weighted by Crippen LogP contribution is -2.26. The minimum atomic E-state index is -0.357. The number of benzene rings is 1. The molecule has 2 N–H and O–H groups in total. The van der Waals surface area contributed by atoms with Crippen molar-refractivity contribution in [3.05, 3.63) is 34.6 Å². The van der Waals surface area contributed by atoms with Crippen LogP contribution in [0.1, 0.15) is 18.0 Å². The second kappa shape index (κ2) is 5.13. The van der Waals surface area contributed by atoms with E-state index < -0.39 is 0 Å². The van der Waals surface area contributed by atoms with Gasteiger partial charge in [0.2, 0.25) is 0 Å². The van der Waals surface area contributed by atoms with Crippen LogP contribution < -0.4 is 10.6 Å². The number of hydrogen-bond acceptors (Lipinski definition) is 2. The van der Waals surface area contributed by atoms with Crippen LogP contribution in [0.5, 0.6) is 0 Å². The summed E-state index contributed by atoms with van der Waals surface area (Å²) in [5.74, 6) is 0.191. The third-order valence-electron chi connectivity index (χ3n) is 3.18. The van der Waals surface area contributed by atoms with Gasteiger partial charge in [-0.25, -0.2) is 4.39 Å². The van der Waals surface area contributed by atoms with E-state index in [2.05, 4.69) is 10.6 Å². The molecular weight excluding hydrogens is 227 g/mol. The quantitative estimate of drug-likeness (QED) is 0.850. The maximum Gasteiger partial charge on any atom is 0.141 e. The van der Waals surface area contributed by atoms with Gasteiger partial charge in [-0.1, -0.05) is 17.7 Å². The molecular formula is C12H16ClFN2. The lowest BCUT2D eigenvalue weighted by molar-refractivity contribution is 0.410. The van der Waals surface area contributed by atoms with Crippen LogP contribution in [0, 0.1) is 11.7 Å². The van der Waals surface area contributed by atoms with Gasteiger partial charge in [0.15, 0.2) is 0 Å². The van der Waals surface area contributed by atoms with Gasteiger partial charge >= 0.3 is 0 Å². The summed E-state index contributed by atoms with van der Waals surface area (Å²) in [5, 5.41) is 6.82. The first kappa shape index (κ1) is 11.8. The molecule has 4 heteroatoms. The predicted molar refractivity (Wildman–Crippen MR) is 64.2 cm³/mol. The van der Waals surface area contributed by atoms with E-state index in [1.54, 1.807) is 12.1 Å². The summed E-state index contributed by atoms with van der Waals surface area (Å²) < 4.78 is 13.1. The fraction of sp³-hybridized carbons (Fsp3) is 0.500. The molecule has 2 nitrogen and oxygen atoms in total. The number of halogens is 2. The van der Waals surface area contributed by atoms with Crippen molar-refractivity contribution < 1.29 is 4.39 Å². The van der Waals surface area contributed by atoms with Crippen LogP contribution in [0.4, 0.5) is 4.39 Å². The average Bonchev–Trinajstić information content (AvgIpc) is 2.78. The van der Waals surface area contributed by atoms with Crippen molar-refractivity contribution in [1.82, 2.24) is 10.6 Å². The molecule has 2 atom stereocenters. The SMILES string of the molecule is CNC(c1ccc(F)c(Cl)c1)C1CCNC1. The largest absolute Gasteiger partial charge is 0.316 e. The second-order valence-corrected chi connectivity index (χ2v) is 4.60. The Bertz CT molecular complexity index is 364. The van der Waals surface area contributed by atoms with Gasteiger partial charge < -0.3 is 10.6 Å². The van der Waals surface area contributed by atoms with E-state index in [0.717, 1.165) is 25.1 Å². The monoisotopic (exact) mass is 242 g/mol. The van der Waals surface area contributed by atoms with Crippen LogP contribution in [0.2, 0.25) is 5.02 Å². The fourth-order valence-electron chi connectivity index (χ4n) is 2.34. The van der Waals surface area contributed by atoms with Crippen molar-refractivity contribution in [2.24, 2.45) is 5.92 Å². The highest BCUT2D eigenvalue weighted by molar-refractivity contribution is 6.30. The summed E-state index contributed by atoms with van der Waals surface area (Å²) in [4.78, 5) is 0. The van der Waals surface area contributed by atoms with Gasteiger partial charge in [-0.05, 0) is 50.2 Å². The summed E-state index contributed by atoms with van der Waals surface area (Å²) in [5.41, 5.74) is 1.06. The van der Waals surface area contributed by atoms with Crippen LogP contribution >= 0.6 is 11.6 Å². The Balaban J connectivity index is 2.22. The molecule has 0 aromatic heterocycles. The summed E-state index contributed by atoms with van der Waals surface area (Å²) in [6, 6.07) is 5.20. The molecule has 1 aliphatic heterocycles. The molecule has 0 radical (unpaired) electrons. The summed E-state index contributed by atoms with van der Waals surface area (Å²) >= 11 is 5.80. The van der Waals surface area contributed by atoms with Crippen LogP contribution in [0.15, 0.2) is 18.2 Å². The van der Waals surface area contributed by atoms with E-state index in [-0.39, 0.29) is 16.9 Å². The lowest BCUT2D eigenvalue weighted by Gasteiger charge is -2.23. The molecule has 0 spiro atoms. The van der Waals surface area contributed by atoms with Crippen molar-refractivity contribution in [3.8, 4) is 0 Å². The molecule has 1 heterocycles. The molecule has 2 unspecified atom stereocenters. The average molecular weight is 243 g/mol. The second-order valence-electron chi connectivity index (χ2n) is 4.19.